The molecule has 1 aromatic rings. The summed E-state index contributed by atoms with van der Waals surface area (Å²) in [6.45, 7) is 1.67. The van der Waals surface area contributed by atoms with Crippen molar-refractivity contribution >= 4 is 11.8 Å². The molecule has 0 aliphatic carbocycles. The number of H-pyrrole nitrogens is 1. The van der Waals surface area contributed by atoms with E-state index in [-0.39, 0.29) is 11.6 Å². The molecule has 1 saturated heterocycles. The second-order valence-corrected chi connectivity index (χ2v) is 3.82. The lowest BCUT2D eigenvalue weighted by atomic mass is 10.3. The third kappa shape index (κ3) is 2.65. The number of aliphatic carboxylic acids is 1. The lowest BCUT2D eigenvalue weighted by molar-refractivity contribution is -0.136. The Morgan fingerprint density at radius 1 is 1.50 bits per heavy atom. The van der Waals surface area contributed by atoms with Crippen LogP contribution >= 0.6 is 0 Å². The van der Waals surface area contributed by atoms with Crippen molar-refractivity contribution in [3.8, 4) is 0 Å². The molecule has 2 N–H and O–H groups in total. The van der Waals surface area contributed by atoms with E-state index in [1.54, 1.807) is 4.90 Å². The van der Waals surface area contributed by atoms with E-state index in [1.165, 1.54) is 0 Å². The van der Waals surface area contributed by atoms with E-state index in [0.717, 1.165) is 0 Å². The molecule has 1 aliphatic rings. The highest BCUT2D eigenvalue weighted by Crippen LogP contribution is 2.14. The van der Waals surface area contributed by atoms with Gasteiger partial charge in [0.25, 0.3) is 5.56 Å². The number of hydrogen-bond donors (Lipinski definition) is 2. The van der Waals surface area contributed by atoms with Gasteiger partial charge in [0, 0.05) is 13.1 Å². The van der Waals surface area contributed by atoms with Crippen molar-refractivity contribution in [3.05, 3.63) is 22.0 Å². The molecular weight excluding hydrogens is 245 g/mol. The van der Waals surface area contributed by atoms with E-state index >= 15 is 0 Å². The van der Waals surface area contributed by atoms with Gasteiger partial charge in [-0.15, -0.1) is 0 Å². The summed E-state index contributed by atoms with van der Waals surface area (Å²) in [5, 5.41) is 8.64. The summed E-state index contributed by atoms with van der Waals surface area (Å²) in [7, 11) is 0. The lowest BCUT2D eigenvalue weighted by Crippen LogP contribution is -2.39. The van der Waals surface area contributed by atoms with Crippen LogP contribution in [0.5, 0.6) is 0 Å². The van der Waals surface area contributed by atoms with Gasteiger partial charge in [-0.2, -0.15) is 4.39 Å². The second-order valence-electron chi connectivity index (χ2n) is 3.82. The SMILES string of the molecule is O=C(O)Cc1nc(N2CCOCC2)c(F)c(=O)[nH]1. The number of carbonyl (C=O) groups is 1. The fraction of sp³-hybridized carbons (Fsp3) is 0.500. The number of halogens is 1. The van der Waals surface area contributed by atoms with E-state index < -0.39 is 23.8 Å². The molecule has 18 heavy (non-hydrogen) atoms. The maximum absolute atomic E-state index is 13.7. The minimum Gasteiger partial charge on any atom is -0.481 e. The quantitative estimate of drug-likeness (QED) is 0.748. The minimum atomic E-state index is -1.14. The van der Waals surface area contributed by atoms with Gasteiger partial charge in [-0.05, 0) is 0 Å². The smallest absolute Gasteiger partial charge is 0.311 e. The molecule has 2 rings (SSSR count). The molecule has 0 atom stereocenters. The van der Waals surface area contributed by atoms with Crippen molar-refractivity contribution in [1.82, 2.24) is 9.97 Å². The van der Waals surface area contributed by atoms with Crippen LogP contribution in [0.1, 0.15) is 5.82 Å². The topological polar surface area (TPSA) is 95.5 Å². The van der Waals surface area contributed by atoms with Crippen LogP contribution in [0.15, 0.2) is 4.79 Å². The number of anilines is 1. The number of nitrogens with zero attached hydrogens (tertiary/aromatic N) is 2. The van der Waals surface area contributed by atoms with Crippen molar-refractivity contribution in [2.45, 2.75) is 6.42 Å². The largest absolute Gasteiger partial charge is 0.481 e. The van der Waals surface area contributed by atoms with Crippen LogP contribution in [0, 0.1) is 5.82 Å². The molecule has 1 aromatic heterocycles. The number of rotatable bonds is 3. The Balaban J connectivity index is 2.35. The van der Waals surface area contributed by atoms with E-state index in [2.05, 4.69) is 9.97 Å². The molecular formula is C10H12FN3O4. The Labute approximate surface area is 101 Å². The van der Waals surface area contributed by atoms with Gasteiger partial charge in [0.05, 0.1) is 13.2 Å². The maximum Gasteiger partial charge on any atom is 0.311 e. The molecule has 98 valence electrons. The van der Waals surface area contributed by atoms with Crippen molar-refractivity contribution in [1.29, 1.82) is 0 Å². The van der Waals surface area contributed by atoms with E-state index in [9.17, 15) is 14.0 Å². The number of aromatic amines is 1. The van der Waals surface area contributed by atoms with Crippen molar-refractivity contribution in [2.75, 3.05) is 31.2 Å². The zero-order valence-electron chi connectivity index (χ0n) is 9.48. The van der Waals surface area contributed by atoms with Crippen LogP contribution in [0.3, 0.4) is 0 Å². The van der Waals surface area contributed by atoms with Crippen LogP contribution < -0.4 is 10.5 Å². The highest BCUT2D eigenvalue weighted by Gasteiger charge is 2.20. The Morgan fingerprint density at radius 3 is 2.78 bits per heavy atom. The van der Waals surface area contributed by atoms with Crippen LogP contribution in [-0.2, 0) is 16.0 Å². The fourth-order valence-corrected chi connectivity index (χ4v) is 1.70. The summed E-state index contributed by atoms with van der Waals surface area (Å²) < 4.78 is 18.8. The summed E-state index contributed by atoms with van der Waals surface area (Å²) in [5.74, 6) is -2.31. The Hall–Kier alpha value is -1.96. The zero-order valence-corrected chi connectivity index (χ0v) is 9.48. The number of aromatic nitrogens is 2. The van der Waals surface area contributed by atoms with E-state index in [1.807, 2.05) is 0 Å². The molecule has 2 heterocycles. The fourth-order valence-electron chi connectivity index (χ4n) is 1.70. The third-order valence-corrected chi connectivity index (χ3v) is 2.52. The number of nitrogens with one attached hydrogen (secondary N) is 1. The predicted molar refractivity (Wildman–Crippen MR) is 59.2 cm³/mol. The molecule has 0 bridgehead atoms. The number of hydrogen-bond acceptors (Lipinski definition) is 5. The molecule has 1 fully saturated rings. The average molecular weight is 257 g/mol. The van der Waals surface area contributed by atoms with Crippen molar-refractivity contribution < 1.29 is 19.0 Å². The molecule has 0 aromatic carbocycles. The van der Waals surface area contributed by atoms with E-state index in [0.29, 0.717) is 26.3 Å². The van der Waals surface area contributed by atoms with Crippen LogP contribution in [0.4, 0.5) is 10.2 Å². The van der Waals surface area contributed by atoms with Gasteiger partial charge in [0.15, 0.2) is 5.82 Å². The van der Waals surface area contributed by atoms with Gasteiger partial charge < -0.3 is 19.7 Å². The minimum absolute atomic E-state index is 0.0598. The predicted octanol–water partition coefficient (Wildman–Crippen LogP) is -0.627. The number of morpholine rings is 1. The van der Waals surface area contributed by atoms with Crippen LogP contribution in [-0.4, -0.2) is 47.3 Å². The molecule has 0 spiro atoms. The van der Waals surface area contributed by atoms with E-state index in [4.69, 9.17) is 9.84 Å². The standard InChI is InChI=1S/C10H12FN3O4/c11-8-9(14-1-3-18-4-2-14)12-6(5-7(15)16)13-10(8)17/h1-5H2,(H,15,16)(H,12,13,17). The van der Waals surface area contributed by atoms with Gasteiger partial charge in [-0.1, -0.05) is 0 Å². The van der Waals surface area contributed by atoms with Gasteiger partial charge in [-0.25, -0.2) is 4.98 Å². The first-order valence-electron chi connectivity index (χ1n) is 5.41. The summed E-state index contributed by atoms with van der Waals surface area (Å²) in [5.41, 5.74) is -0.956. The molecule has 1 aliphatic heterocycles. The summed E-state index contributed by atoms with van der Waals surface area (Å²) in [6, 6.07) is 0. The third-order valence-electron chi connectivity index (χ3n) is 2.52. The first kappa shape index (κ1) is 12.5. The average Bonchev–Trinajstić information content (AvgIpc) is 2.34. The van der Waals surface area contributed by atoms with Crippen molar-refractivity contribution in [2.24, 2.45) is 0 Å². The maximum atomic E-state index is 13.7. The molecule has 0 saturated carbocycles. The number of carboxylic acids is 1. The zero-order chi connectivity index (χ0) is 13.1. The normalized spacial score (nSPS) is 15.7. The Bertz CT molecular complexity index is 510. The molecule has 0 radical (unpaired) electrons. The Morgan fingerprint density at radius 2 is 2.17 bits per heavy atom. The first-order valence-corrected chi connectivity index (χ1v) is 5.41. The highest BCUT2D eigenvalue weighted by atomic mass is 19.1. The lowest BCUT2D eigenvalue weighted by Gasteiger charge is -2.27. The van der Waals surface area contributed by atoms with Gasteiger partial charge in [0.1, 0.15) is 12.2 Å². The monoisotopic (exact) mass is 257 g/mol. The van der Waals surface area contributed by atoms with Gasteiger partial charge >= 0.3 is 5.97 Å². The second kappa shape index (κ2) is 5.13. The molecule has 0 amide bonds. The Kier molecular flexibility index (Phi) is 3.56. The van der Waals surface area contributed by atoms with Crippen LogP contribution in [0.2, 0.25) is 0 Å². The number of carboxylic acid groups (broad SMARTS) is 1. The highest BCUT2D eigenvalue weighted by molar-refractivity contribution is 5.69. The molecule has 0 unspecified atom stereocenters. The van der Waals surface area contributed by atoms with Crippen LogP contribution in [0.25, 0.3) is 0 Å². The first-order chi connectivity index (χ1) is 8.58. The van der Waals surface area contributed by atoms with Gasteiger partial charge in [-0.3, -0.25) is 9.59 Å². The molecule has 7 nitrogen and oxygen atoms in total. The van der Waals surface area contributed by atoms with Crippen molar-refractivity contribution in [3.63, 3.8) is 0 Å². The summed E-state index contributed by atoms with van der Waals surface area (Å²) in [6.07, 6.45) is -0.452. The summed E-state index contributed by atoms with van der Waals surface area (Å²) in [4.78, 5) is 29.5. The molecule has 8 heteroatoms. The number of ether oxygens (including phenoxy) is 1. The van der Waals surface area contributed by atoms with Gasteiger partial charge in [0.2, 0.25) is 5.82 Å². The summed E-state index contributed by atoms with van der Waals surface area (Å²) >= 11 is 0.